The quantitative estimate of drug-likeness (QED) is 0.832. The lowest BCUT2D eigenvalue weighted by Gasteiger charge is -2.21. The molecule has 0 aromatic heterocycles. The summed E-state index contributed by atoms with van der Waals surface area (Å²) in [5, 5.41) is 0.368. The van der Waals surface area contributed by atoms with Gasteiger partial charge in [-0.1, -0.05) is 43.5 Å². The number of hydrogen-bond donors (Lipinski definition) is 2. The molecular formula is C12H16Cl2N2O3S. The highest BCUT2D eigenvalue weighted by molar-refractivity contribution is 7.89. The van der Waals surface area contributed by atoms with Crippen LogP contribution < -0.4 is 10.5 Å². The summed E-state index contributed by atoms with van der Waals surface area (Å²) in [5.74, 6) is -0.937. The first kappa shape index (κ1) is 17.2. The average molecular weight is 339 g/mol. The fourth-order valence-corrected chi connectivity index (χ4v) is 3.27. The molecule has 1 rings (SSSR count). The summed E-state index contributed by atoms with van der Waals surface area (Å²) in [5.41, 5.74) is 5.24. The second-order valence-corrected chi connectivity index (χ2v) is 6.99. The molecule has 0 saturated carbocycles. The number of amides is 1. The first-order valence-corrected chi connectivity index (χ1v) is 8.19. The predicted octanol–water partition coefficient (Wildman–Crippen LogP) is 2.17. The summed E-state index contributed by atoms with van der Waals surface area (Å²) in [7, 11) is -3.89. The van der Waals surface area contributed by atoms with Crippen molar-refractivity contribution in [2.45, 2.75) is 31.2 Å². The van der Waals surface area contributed by atoms with E-state index in [4.69, 9.17) is 28.9 Å². The Morgan fingerprint density at radius 1 is 1.35 bits per heavy atom. The smallest absolute Gasteiger partial charge is 0.241 e. The number of nitrogens with two attached hydrogens (primary N) is 1. The maximum absolute atomic E-state index is 12.2. The Hall–Kier alpha value is -0.820. The number of sulfonamides is 1. The van der Waals surface area contributed by atoms with Gasteiger partial charge in [0.1, 0.15) is 6.04 Å². The van der Waals surface area contributed by atoms with Gasteiger partial charge in [0.2, 0.25) is 15.9 Å². The van der Waals surface area contributed by atoms with Gasteiger partial charge in [0.25, 0.3) is 0 Å². The molecule has 0 saturated heterocycles. The van der Waals surface area contributed by atoms with Gasteiger partial charge in [-0.25, -0.2) is 8.42 Å². The van der Waals surface area contributed by atoms with Gasteiger partial charge in [0.15, 0.2) is 0 Å². The highest BCUT2D eigenvalue weighted by Crippen LogP contribution is 2.25. The fourth-order valence-electron chi connectivity index (χ4n) is 1.57. The Morgan fingerprint density at radius 3 is 2.40 bits per heavy atom. The van der Waals surface area contributed by atoms with Crippen LogP contribution in [0.3, 0.4) is 0 Å². The lowest BCUT2D eigenvalue weighted by Crippen LogP contribution is -2.48. The van der Waals surface area contributed by atoms with Gasteiger partial charge in [0, 0.05) is 0 Å². The maximum atomic E-state index is 12.2. The zero-order valence-electron chi connectivity index (χ0n) is 11.1. The predicted molar refractivity (Wildman–Crippen MR) is 79.2 cm³/mol. The maximum Gasteiger partial charge on any atom is 0.241 e. The van der Waals surface area contributed by atoms with Crippen LogP contribution in [0.15, 0.2) is 23.1 Å². The van der Waals surface area contributed by atoms with Crippen LogP contribution in [0, 0.1) is 5.92 Å². The van der Waals surface area contributed by atoms with E-state index >= 15 is 0 Å². The molecule has 0 radical (unpaired) electrons. The van der Waals surface area contributed by atoms with E-state index in [0.717, 1.165) is 0 Å². The van der Waals surface area contributed by atoms with Gasteiger partial charge in [-0.3, -0.25) is 4.79 Å². The van der Waals surface area contributed by atoms with Crippen molar-refractivity contribution in [3.63, 3.8) is 0 Å². The van der Waals surface area contributed by atoms with E-state index < -0.39 is 22.0 Å². The molecule has 0 aliphatic carbocycles. The third kappa shape index (κ3) is 4.09. The van der Waals surface area contributed by atoms with Crippen molar-refractivity contribution in [1.29, 1.82) is 0 Å². The van der Waals surface area contributed by atoms with E-state index in [1.54, 1.807) is 6.92 Å². The van der Waals surface area contributed by atoms with Crippen LogP contribution in [0.4, 0.5) is 0 Å². The van der Waals surface area contributed by atoms with Gasteiger partial charge >= 0.3 is 0 Å². The van der Waals surface area contributed by atoms with Crippen LogP contribution in [0.2, 0.25) is 10.0 Å². The van der Waals surface area contributed by atoms with Crippen LogP contribution >= 0.6 is 23.2 Å². The number of halogens is 2. The van der Waals surface area contributed by atoms with E-state index in [-0.39, 0.29) is 20.9 Å². The van der Waals surface area contributed by atoms with Crippen molar-refractivity contribution in [2.75, 3.05) is 0 Å². The molecule has 0 fully saturated rings. The zero-order chi connectivity index (χ0) is 15.5. The molecule has 0 aliphatic heterocycles. The van der Waals surface area contributed by atoms with Crippen LogP contribution in [0.1, 0.15) is 20.3 Å². The molecule has 1 aromatic rings. The summed E-state index contributed by atoms with van der Waals surface area (Å²) < 4.78 is 26.7. The lowest BCUT2D eigenvalue weighted by molar-refractivity contribution is -0.120. The summed E-state index contributed by atoms with van der Waals surface area (Å²) in [6, 6.07) is 2.94. The zero-order valence-corrected chi connectivity index (χ0v) is 13.4. The minimum absolute atomic E-state index is 0.0681. The van der Waals surface area contributed by atoms with Crippen molar-refractivity contribution in [3.8, 4) is 0 Å². The lowest BCUT2D eigenvalue weighted by atomic mass is 10.00. The number of benzene rings is 1. The number of nitrogens with one attached hydrogen (secondary N) is 1. The highest BCUT2D eigenvalue weighted by Gasteiger charge is 2.28. The van der Waals surface area contributed by atoms with Gasteiger partial charge in [-0.05, 0) is 24.1 Å². The highest BCUT2D eigenvalue weighted by atomic mass is 35.5. The molecule has 3 N–H and O–H groups in total. The number of carbonyl (C=O) groups excluding carboxylic acids is 1. The van der Waals surface area contributed by atoms with E-state index in [9.17, 15) is 13.2 Å². The fraction of sp³-hybridized carbons (Fsp3) is 0.417. The number of rotatable bonds is 6. The monoisotopic (exact) mass is 338 g/mol. The Balaban J connectivity index is 3.09. The minimum Gasteiger partial charge on any atom is -0.368 e. The number of hydrogen-bond acceptors (Lipinski definition) is 3. The minimum atomic E-state index is -3.89. The molecule has 112 valence electrons. The second kappa shape index (κ2) is 6.76. The molecule has 8 heteroatoms. The van der Waals surface area contributed by atoms with Crippen molar-refractivity contribution in [1.82, 2.24) is 4.72 Å². The third-order valence-electron chi connectivity index (χ3n) is 3.00. The normalized spacial score (nSPS) is 14.8. The second-order valence-electron chi connectivity index (χ2n) is 4.46. The Kier molecular flexibility index (Phi) is 5.82. The SMILES string of the molecule is CC[C@@H](C)[C@@H](NS(=O)(=O)c1ccc(Cl)c(Cl)c1)C(N)=O. The van der Waals surface area contributed by atoms with Gasteiger partial charge < -0.3 is 5.73 Å². The topological polar surface area (TPSA) is 89.3 Å². The van der Waals surface area contributed by atoms with Crippen molar-refractivity contribution >= 4 is 39.1 Å². The molecule has 1 aromatic carbocycles. The number of carbonyl (C=O) groups is 1. The average Bonchev–Trinajstić information content (AvgIpc) is 2.38. The summed E-state index contributed by atoms with van der Waals surface area (Å²) in [4.78, 5) is 11.3. The van der Waals surface area contributed by atoms with Gasteiger partial charge in [-0.2, -0.15) is 4.72 Å². The molecule has 20 heavy (non-hydrogen) atoms. The van der Waals surface area contributed by atoms with Gasteiger partial charge in [-0.15, -0.1) is 0 Å². The summed E-state index contributed by atoms with van der Waals surface area (Å²) in [6.07, 6.45) is 0.609. The summed E-state index contributed by atoms with van der Waals surface area (Å²) in [6.45, 7) is 3.58. The van der Waals surface area contributed by atoms with Crippen LogP contribution in [-0.2, 0) is 14.8 Å². The third-order valence-corrected chi connectivity index (χ3v) is 5.18. The van der Waals surface area contributed by atoms with Crippen LogP contribution in [0.25, 0.3) is 0 Å². The Morgan fingerprint density at radius 2 is 1.95 bits per heavy atom. The molecular weight excluding hydrogens is 323 g/mol. The van der Waals surface area contributed by atoms with Gasteiger partial charge in [0.05, 0.1) is 14.9 Å². The first-order valence-electron chi connectivity index (χ1n) is 5.95. The van der Waals surface area contributed by atoms with Crippen molar-refractivity contribution < 1.29 is 13.2 Å². The van der Waals surface area contributed by atoms with E-state index in [0.29, 0.717) is 6.42 Å². The Bertz CT molecular complexity index is 605. The first-order chi connectivity index (χ1) is 9.19. The molecule has 5 nitrogen and oxygen atoms in total. The van der Waals surface area contributed by atoms with E-state index in [1.165, 1.54) is 18.2 Å². The molecule has 2 atom stereocenters. The molecule has 0 bridgehead atoms. The van der Waals surface area contributed by atoms with Crippen molar-refractivity contribution in [2.24, 2.45) is 11.7 Å². The molecule has 0 unspecified atom stereocenters. The van der Waals surface area contributed by atoms with Crippen LogP contribution in [0.5, 0.6) is 0 Å². The standard InChI is InChI=1S/C12H16Cl2N2O3S/c1-3-7(2)11(12(15)17)16-20(18,19)8-4-5-9(13)10(14)6-8/h4-7,11,16H,3H2,1-2H3,(H2,15,17)/t7-,11-/m1/s1. The van der Waals surface area contributed by atoms with Crippen molar-refractivity contribution in [3.05, 3.63) is 28.2 Å². The number of primary amides is 1. The molecule has 1 amide bonds. The Labute approximate surface area is 128 Å². The molecule has 0 spiro atoms. The van der Waals surface area contributed by atoms with Crippen LogP contribution in [-0.4, -0.2) is 20.4 Å². The van der Waals surface area contributed by atoms with E-state index in [1.807, 2.05) is 6.92 Å². The van der Waals surface area contributed by atoms with E-state index in [2.05, 4.69) is 4.72 Å². The largest absolute Gasteiger partial charge is 0.368 e. The summed E-state index contributed by atoms with van der Waals surface area (Å²) >= 11 is 11.5. The molecule has 0 heterocycles. The molecule has 0 aliphatic rings.